The molecule has 0 aromatic heterocycles. The van der Waals surface area contributed by atoms with E-state index in [-0.39, 0.29) is 37.6 Å². The normalized spacial score (nSPS) is 19.7. The first-order chi connectivity index (χ1) is 13.0. The van der Waals surface area contributed by atoms with Gasteiger partial charge in [0.2, 0.25) is 16.8 Å². The largest absolute Gasteiger partial charge is 0.493 e. The summed E-state index contributed by atoms with van der Waals surface area (Å²) < 4.78 is 47.7. The number of carbonyl (C=O) groups excluding carboxylic acids is 1. The van der Waals surface area contributed by atoms with Crippen molar-refractivity contribution in [1.29, 1.82) is 0 Å². The molecule has 0 aliphatic carbocycles. The van der Waals surface area contributed by atoms with Crippen LogP contribution in [0.3, 0.4) is 0 Å². The van der Waals surface area contributed by atoms with E-state index in [0.717, 1.165) is 0 Å². The predicted octanol–water partition coefficient (Wildman–Crippen LogP) is 1.79. The van der Waals surface area contributed by atoms with Crippen molar-refractivity contribution in [3.8, 4) is 17.2 Å². The maximum absolute atomic E-state index is 12.6. The molecule has 1 unspecified atom stereocenters. The van der Waals surface area contributed by atoms with Gasteiger partial charge in [-0.3, -0.25) is 4.79 Å². The lowest BCUT2D eigenvalue weighted by atomic mass is 10.0. The van der Waals surface area contributed by atoms with Crippen molar-refractivity contribution in [1.82, 2.24) is 4.31 Å². The van der Waals surface area contributed by atoms with E-state index in [4.69, 9.17) is 18.9 Å². The Hall–Kier alpha value is -2.00. The lowest BCUT2D eigenvalue weighted by Crippen LogP contribution is -2.43. The Bertz CT molecular complexity index is 765. The standard InChI is InChI=1S/C18H25NO7S/c1-2-23-18(20)14-5-3-8-19(12-14)27(21,22)10-4-9-24-15-6-7-16-17(11-15)26-13-25-16/h6-7,11,14H,2-5,8-10,12-13H2,1H3. The van der Waals surface area contributed by atoms with E-state index in [1.807, 2.05) is 0 Å². The molecule has 2 aliphatic heterocycles. The van der Waals surface area contributed by atoms with Gasteiger partial charge >= 0.3 is 5.97 Å². The third kappa shape index (κ3) is 5.04. The number of fused-ring (bicyclic) bond motifs is 1. The van der Waals surface area contributed by atoms with Gasteiger partial charge < -0.3 is 18.9 Å². The first-order valence-electron chi connectivity index (χ1n) is 9.16. The lowest BCUT2D eigenvalue weighted by Gasteiger charge is -2.30. The van der Waals surface area contributed by atoms with Gasteiger partial charge in [-0.25, -0.2) is 12.7 Å². The van der Waals surface area contributed by atoms with E-state index in [2.05, 4.69) is 0 Å². The fraction of sp³-hybridized carbons (Fsp3) is 0.611. The highest BCUT2D eigenvalue weighted by Gasteiger charge is 2.32. The third-order valence-electron chi connectivity index (χ3n) is 4.56. The molecule has 1 atom stereocenters. The van der Waals surface area contributed by atoms with Crippen LogP contribution in [0, 0.1) is 5.92 Å². The zero-order chi connectivity index (χ0) is 19.3. The molecule has 1 fully saturated rings. The predicted molar refractivity (Wildman–Crippen MR) is 97.4 cm³/mol. The smallest absolute Gasteiger partial charge is 0.310 e. The summed E-state index contributed by atoms with van der Waals surface area (Å²) in [6, 6.07) is 5.25. The number of hydrogen-bond donors (Lipinski definition) is 0. The van der Waals surface area contributed by atoms with Crippen LogP contribution in [-0.4, -0.2) is 57.5 Å². The summed E-state index contributed by atoms with van der Waals surface area (Å²) in [6.07, 6.45) is 1.69. The third-order valence-corrected chi connectivity index (χ3v) is 6.48. The fourth-order valence-electron chi connectivity index (χ4n) is 3.17. The van der Waals surface area contributed by atoms with Crippen LogP contribution in [0.25, 0.3) is 0 Å². The number of ether oxygens (including phenoxy) is 4. The fourth-order valence-corrected chi connectivity index (χ4v) is 4.73. The minimum absolute atomic E-state index is 0.0207. The minimum atomic E-state index is -3.43. The van der Waals surface area contributed by atoms with E-state index in [1.54, 1.807) is 25.1 Å². The van der Waals surface area contributed by atoms with Gasteiger partial charge in [0.05, 0.1) is 24.9 Å². The Labute approximate surface area is 159 Å². The summed E-state index contributed by atoms with van der Waals surface area (Å²) in [7, 11) is -3.43. The maximum atomic E-state index is 12.6. The number of piperidine rings is 1. The molecule has 1 aromatic carbocycles. The van der Waals surface area contributed by atoms with Crippen LogP contribution in [0.2, 0.25) is 0 Å². The van der Waals surface area contributed by atoms with Gasteiger partial charge in [0.25, 0.3) is 0 Å². The second-order valence-corrected chi connectivity index (χ2v) is 8.57. The summed E-state index contributed by atoms with van der Waals surface area (Å²) in [5, 5.41) is 0. The SMILES string of the molecule is CCOC(=O)C1CCCN(S(=O)(=O)CCCOc2ccc3c(c2)OCO3)C1. The average Bonchev–Trinajstić information content (AvgIpc) is 3.13. The highest BCUT2D eigenvalue weighted by atomic mass is 32.2. The molecule has 0 N–H and O–H groups in total. The molecule has 1 saturated heterocycles. The highest BCUT2D eigenvalue weighted by Crippen LogP contribution is 2.35. The van der Waals surface area contributed by atoms with Crippen molar-refractivity contribution in [3.05, 3.63) is 18.2 Å². The van der Waals surface area contributed by atoms with Crippen LogP contribution >= 0.6 is 0 Å². The highest BCUT2D eigenvalue weighted by molar-refractivity contribution is 7.89. The van der Waals surface area contributed by atoms with Crippen LogP contribution < -0.4 is 14.2 Å². The maximum Gasteiger partial charge on any atom is 0.310 e. The molecular formula is C18H25NO7S. The van der Waals surface area contributed by atoms with E-state index < -0.39 is 10.0 Å². The van der Waals surface area contributed by atoms with Crippen LogP contribution in [0.5, 0.6) is 17.2 Å². The minimum Gasteiger partial charge on any atom is -0.493 e. The topological polar surface area (TPSA) is 91.4 Å². The molecule has 8 nitrogen and oxygen atoms in total. The molecule has 2 heterocycles. The molecule has 27 heavy (non-hydrogen) atoms. The van der Waals surface area contributed by atoms with Gasteiger partial charge in [0.15, 0.2) is 11.5 Å². The number of nitrogens with zero attached hydrogens (tertiary/aromatic N) is 1. The van der Waals surface area contributed by atoms with Crippen LogP contribution in [-0.2, 0) is 19.6 Å². The molecular weight excluding hydrogens is 374 g/mol. The Morgan fingerprint density at radius 1 is 1.30 bits per heavy atom. The molecule has 2 aliphatic rings. The van der Waals surface area contributed by atoms with E-state index in [1.165, 1.54) is 4.31 Å². The summed E-state index contributed by atoms with van der Waals surface area (Å²) in [6.45, 7) is 3.16. The number of esters is 1. The molecule has 150 valence electrons. The average molecular weight is 399 g/mol. The molecule has 3 rings (SSSR count). The first kappa shape index (κ1) is 19.8. The van der Waals surface area contributed by atoms with Crippen molar-refractivity contribution >= 4 is 16.0 Å². The second kappa shape index (κ2) is 8.79. The molecule has 9 heteroatoms. The molecule has 0 radical (unpaired) electrons. The first-order valence-corrected chi connectivity index (χ1v) is 10.8. The number of sulfonamides is 1. The van der Waals surface area contributed by atoms with Gasteiger partial charge in [-0.1, -0.05) is 0 Å². The van der Waals surface area contributed by atoms with Crippen molar-refractivity contribution in [2.75, 3.05) is 38.8 Å². The number of rotatable bonds is 8. The number of carbonyl (C=O) groups is 1. The Morgan fingerprint density at radius 2 is 2.11 bits per heavy atom. The van der Waals surface area contributed by atoms with Crippen molar-refractivity contribution in [3.63, 3.8) is 0 Å². The van der Waals surface area contributed by atoms with Crippen molar-refractivity contribution < 1.29 is 32.2 Å². The molecule has 0 saturated carbocycles. The zero-order valence-corrected chi connectivity index (χ0v) is 16.2. The van der Waals surface area contributed by atoms with Crippen LogP contribution in [0.1, 0.15) is 26.2 Å². The Balaban J connectivity index is 1.46. The van der Waals surface area contributed by atoms with E-state index in [9.17, 15) is 13.2 Å². The van der Waals surface area contributed by atoms with Gasteiger partial charge in [0, 0.05) is 19.2 Å². The monoisotopic (exact) mass is 399 g/mol. The van der Waals surface area contributed by atoms with Gasteiger partial charge in [-0.15, -0.1) is 0 Å². The summed E-state index contributed by atoms with van der Waals surface area (Å²) in [5.74, 6) is 1.19. The molecule has 1 aromatic rings. The van der Waals surface area contributed by atoms with Crippen LogP contribution in [0.15, 0.2) is 18.2 Å². The van der Waals surface area contributed by atoms with Crippen molar-refractivity contribution in [2.45, 2.75) is 26.2 Å². The lowest BCUT2D eigenvalue weighted by molar-refractivity contribution is -0.149. The van der Waals surface area contributed by atoms with Crippen molar-refractivity contribution in [2.24, 2.45) is 5.92 Å². The molecule has 0 spiro atoms. The molecule has 0 bridgehead atoms. The van der Waals surface area contributed by atoms with E-state index >= 15 is 0 Å². The Kier molecular flexibility index (Phi) is 6.43. The Morgan fingerprint density at radius 3 is 2.93 bits per heavy atom. The van der Waals surface area contributed by atoms with Gasteiger partial charge in [0.1, 0.15) is 5.75 Å². The van der Waals surface area contributed by atoms with Crippen LogP contribution in [0.4, 0.5) is 0 Å². The van der Waals surface area contributed by atoms with E-state index in [0.29, 0.717) is 49.7 Å². The van der Waals surface area contributed by atoms with Gasteiger partial charge in [-0.2, -0.15) is 0 Å². The zero-order valence-electron chi connectivity index (χ0n) is 15.4. The van der Waals surface area contributed by atoms with Gasteiger partial charge in [-0.05, 0) is 38.3 Å². The molecule has 0 amide bonds. The number of benzene rings is 1. The number of hydrogen-bond acceptors (Lipinski definition) is 7. The summed E-state index contributed by atoms with van der Waals surface area (Å²) in [4.78, 5) is 11.9. The second-order valence-electron chi connectivity index (χ2n) is 6.48. The summed E-state index contributed by atoms with van der Waals surface area (Å²) in [5.41, 5.74) is 0. The summed E-state index contributed by atoms with van der Waals surface area (Å²) >= 11 is 0. The quantitative estimate of drug-likeness (QED) is 0.486.